The van der Waals surface area contributed by atoms with Gasteiger partial charge < -0.3 is 14.3 Å². The van der Waals surface area contributed by atoms with Gasteiger partial charge in [0.1, 0.15) is 12.2 Å². The molecule has 5 rings (SSSR count). The second-order valence-corrected chi connectivity index (χ2v) is 9.89. The Labute approximate surface area is 186 Å². The van der Waals surface area contributed by atoms with Crippen LogP contribution in [-0.2, 0) is 11.3 Å². The van der Waals surface area contributed by atoms with Gasteiger partial charge in [0, 0.05) is 17.7 Å². The molecule has 3 heterocycles. The predicted molar refractivity (Wildman–Crippen MR) is 118 cm³/mol. The summed E-state index contributed by atoms with van der Waals surface area (Å²) >= 11 is 0. The van der Waals surface area contributed by atoms with Crippen molar-refractivity contribution in [3.05, 3.63) is 46.6 Å². The fraction of sp³-hybridized carbons (Fsp3) is 0.500. The van der Waals surface area contributed by atoms with E-state index in [2.05, 4.69) is 36.3 Å². The summed E-state index contributed by atoms with van der Waals surface area (Å²) in [4.78, 5) is 26.0. The molecular weight excluding hydrogens is 408 g/mol. The summed E-state index contributed by atoms with van der Waals surface area (Å²) in [5, 5.41) is 11.7. The third kappa shape index (κ3) is 3.12. The van der Waals surface area contributed by atoms with Crippen molar-refractivity contribution in [2.75, 3.05) is 0 Å². The zero-order chi connectivity index (χ0) is 22.7. The number of nitrogens with zero attached hydrogens (tertiary/aromatic N) is 3. The van der Waals surface area contributed by atoms with Crippen molar-refractivity contribution in [2.45, 2.75) is 59.0 Å². The number of carbonyl (C=O) groups excluding carboxylic acids is 1. The lowest BCUT2D eigenvalue weighted by molar-refractivity contribution is -0.126. The molecule has 8 heteroatoms. The molecule has 1 N–H and O–H groups in total. The van der Waals surface area contributed by atoms with Crippen molar-refractivity contribution in [2.24, 2.45) is 17.3 Å². The van der Waals surface area contributed by atoms with Gasteiger partial charge in [0.05, 0.1) is 17.5 Å². The molecule has 32 heavy (non-hydrogen) atoms. The summed E-state index contributed by atoms with van der Waals surface area (Å²) in [5.41, 5.74) is 0.913. The van der Waals surface area contributed by atoms with Crippen molar-refractivity contribution < 1.29 is 13.7 Å². The highest BCUT2D eigenvalue weighted by Gasteiger charge is 2.60. The first-order valence-corrected chi connectivity index (χ1v) is 11.1. The smallest absolute Gasteiger partial charge is 0.268 e. The number of aryl methyl sites for hydroxylation is 1. The molecule has 0 saturated heterocycles. The van der Waals surface area contributed by atoms with Crippen LogP contribution in [0.3, 0.4) is 0 Å². The standard InChI is InChI=1S/C24H28N4O4/c1-14-10-19(32-27-14)17-12-21(30)28(26-22(17)18-6-5-9-31-18)13-20(29)25-24(4)16-8-7-15(11-16)23(24,2)3/h5-6,9-10,12,15-16H,7-8,11,13H2,1-4H3,(H,25,29). The first-order chi connectivity index (χ1) is 15.2. The molecule has 0 radical (unpaired) electrons. The van der Waals surface area contributed by atoms with Crippen LogP contribution < -0.4 is 10.9 Å². The molecule has 3 aromatic heterocycles. The number of hydrogen-bond donors (Lipinski definition) is 1. The normalized spacial score (nSPS) is 25.9. The van der Waals surface area contributed by atoms with E-state index in [1.165, 1.54) is 23.4 Å². The summed E-state index contributed by atoms with van der Waals surface area (Å²) < 4.78 is 12.1. The topological polar surface area (TPSA) is 103 Å². The molecule has 2 bridgehead atoms. The van der Waals surface area contributed by atoms with E-state index >= 15 is 0 Å². The van der Waals surface area contributed by atoms with Gasteiger partial charge in [-0.25, -0.2) is 4.68 Å². The molecule has 168 valence electrons. The molecule has 0 spiro atoms. The number of carbonyl (C=O) groups is 1. The van der Waals surface area contributed by atoms with Crippen LogP contribution in [0.1, 0.15) is 45.7 Å². The molecule has 3 atom stereocenters. The van der Waals surface area contributed by atoms with Crippen molar-refractivity contribution in [1.29, 1.82) is 0 Å². The molecule has 0 aliphatic heterocycles. The average molecular weight is 437 g/mol. The minimum absolute atomic E-state index is 0.0112. The molecule has 2 fully saturated rings. The van der Waals surface area contributed by atoms with Crippen LogP contribution in [0.5, 0.6) is 0 Å². The van der Waals surface area contributed by atoms with Gasteiger partial charge in [-0.1, -0.05) is 19.0 Å². The summed E-state index contributed by atoms with van der Waals surface area (Å²) in [7, 11) is 0. The number of aromatic nitrogens is 3. The Morgan fingerprint density at radius 3 is 2.62 bits per heavy atom. The molecule has 8 nitrogen and oxygen atoms in total. The SMILES string of the molecule is Cc1cc(-c2cc(=O)n(CC(=O)NC3(C)C4CCC(C4)C3(C)C)nc2-c2ccco2)on1. The minimum atomic E-state index is -0.392. The average Bonchev–Trinajstić information content (AvgIpc) is 3.51. The molecule has 3 unspecified atom stereocenters. The van der Waals surface area contributed by atoms with Crippen LogP contribution in [-0.4, -0.2) is 26.4 Å². The van der Waals surface area contributed by atoms with Crippen molar-refractivity contribution >= 4 is 5.91 Å². The summed E-state index contributed by atoms with van der Waals surface area (Å²) in [6.45, 7) is 8.27. The van der Waals surface area contributed by atoms with E-state index in [-0.39, 0.29) is 23.4 Å². The van der Waals surface area contributed by atoms with Crippen molar-refractivity contribution in [3.63, 3.8) is 0 Å². The Kier molecular flexibility index (Phi) is 4.65. The van der Waals surface area contributed by atoms with Crippen LogP contribution in [0.4, 0.5) is 0 Å². The van der Waals surface area contributed by atoms with Gasteiger partial charge >= 0.3 is 0 Å². The van der Waals surface area contributed by atoms with Crippen LogP contribution in [0, 0.1) is 24.2 Å². The minimum Gasteiger partial charge on any atom is -0.463 e. The van der Waals surface area contributed by atoms with Crippen LogP contribution in [0.25, 0.3) is 22.8 Å². The predicted octanol–water partition coefficient (Wildman–Crippen LogP) is 3.80. The Morgan fingerprint density at radius 1 is 1.22 bits per heavy atom. The van der Waals surface area contributed by atoms with E-state index in [0.29, 0.717) is 40.3 Å². The number of hydrogen-bond acceptors (Lipinski definition) is 6. The van der Waals surface area contributed by atoms with Crippen molar-refractivity contribution in [1.82, 2.24) is 20.3 Å². The monoisotopic (exact) mass is 436 g/mol. The highest BCUT2D eigenvalue weighted by atomic mass is 16.5. The fourth-order valence-electron chi connectivity index (χ4n) is 5.72. The van der Waals surface area contributed by atoms with Crippen molar-refractivity contribution in [3.8, 4) is 22.8 Å². The Morgan fingerprint density at radius 2 is 2.00 bits per heavy atom. The lowest BCUT2D eigenvalue weighted by Gasteiger charge is -2.48. The number of fused-ring (bicyclic) bond motifs is 2. The van der Waals surface area contributed by atoms with Gasteiger partial charge in [-0.05, 0) is 62.5 Å². The van der Waals surface area contributed by atoms with E-state index in [4.69, 9.17) is 8.94 Å². The van der Waals surface area contributed by atoms with Crippen LogP contribution in [0.2, 0.25) is 0 Å². The van der Waals surface area contributed by atoms with Gasteiger partial charge in [0.15, 0.2) is 11.5 Å². The fourth-order valence-corrected chi connectivity index (χ4v) is 5.72. The van der Waals surface area contributed by atoms with E-state index in [0.717, 1.165) is 12.8 Å². The first-order valence-electron chi connectivity index (χ1n) is 11.1. The lowest BCUT2D eigenvalue weighted by Crippen LogP contribution is -2.60. The van der Waals surface area contributed by atoms with Crippen LogP contribution in [0.15, 0.2) is 44.3 Å². The van der Waals surface area contributed by atoms with Gasteiger partial charge in [0.25, 0.3) is 5.56 Å². The number of rotatable bonds is 5. The molecule has 2 saturated carbocycles. The van der Waals surface area contributed by atoms with E-state index in [1.54, 1.807) is 25.1 Å². The Balaban J connectivity index is 1.46. The highest BCUT2D eigenvalue weighted by Crippen LogP contribution is 2.61. The van der Waals surface area contributed by atoms with E-state index in [1.807, 2.05) is 0 Å². The molecule has 1 amide bonds. The third-order valence-electron chi connectivity index (χ3n) is 7.95. The lowest BCUT2D eigenvalue weighted by atomic mass is 9.64. The second kappa shape index (κ2) is 7.18. The molecule has 3 aromatic rings. The maximum absolute atomic E-state index is 13.1. The van der Waals surface area contributed by atoms with E-state index in [9.17, 15) is 9.59 Å². The first kappa shape index (κ1) is 20.7. The third-order valence-corrected chi connectivity index (χ3v) is 7.95. The highest BCUT2D eigenvalue weighted by molar-refractivity contribution is 5.78. The van der Waals surface area contributed by atoms with Gasteiger partial charge in [-0.2, -0.15) is 5.10 Å². The number of furan rings is 1. The quantitative estimate of drug-likeness (QED) is 0.653. The number of nitrogens with one attached hydrogen (secondary N) is 1. The Hall–Kier alpha value is -3.16. The number of amides is 1. The molecular formula is C24H28N4O4. The zero-order valence-corrected chi connectivity index (χ0v) is 18.8. The largest absolute Gasteiger partial charge is 0.463 e. The van der Waals surface area contributed by atoms with Gasteiger partial charge in [0.2, 0.25) is 5.91 Å². The Bertz CT molecular complexity index is 1220. The molecule has 2 aliphatic rings. The summed E-state index contributed by atoms with van der Waals surface area (Å²) in [6, 6.07) is 6.65. The van der Waals surface area contributed by atoms with Crippen LogP contribution >= 0.6 is 0 Å². The van der Waals surface area contributed by atoms with Gasteiger partial charge in [-0.15, -0.1) is 0 Å². The van der Waals surface area contributed by atoms with E-state index < -0.39 is 5.56 Å². The molecule has 2 aliphatic carbocycles. The second-order valence-electron chi connectivity index (χ2n) is 9.89. The summed E-state index contributed by atoms with van der Waals surface area (Å²) in [6.07, 6.45) is 5.04. The van der Waals surface area contributed by atoms with Gasteiger partial charge in [-0.3, -0.25) is 9.59 Å². The zero-order valence-electron chi connectivity index (χ0n) is 18.8. The molecule has 0 aromatic carbocycles. The maximum Gasteiger partial charge on any atom is 0.268 e. The summed E-state index contributed by atoms with van der Waals surface area (Å²) in [5.74, 6) is 1.77. The maximum atomic E-state index is 13.1.